The minimum absolute atomic E-state index is 0.0390. The molecule has 0 saturated heterocycles. The van der Waals surface area contributed by atoms with Crippen LogP contribution in [0.2, 0.25) is 0 Å². The van der Waals surface area contributed by atoms with Crippen molar-refractivity contribution in [2.75, 3.05) is 18.5 Å². The Hall–Kier alpha value is -4.57. The molecule has 0 aromatic heterocycles. The minimum atomic E-state index is -0.512. The van der Waals surface area contributed by atoms with Crippen LogP contribution in [0, 0.1) is 11.3 Å². The number of carbonyl (C=O) groups excluding carboxylic acids is 2. The largest absolute Gasteiger partial charge is 0.494 e. The minimum Gasteiger partial charge on any atom is -0.494 e. The first-order valence-corrected chi connectivity index (χ1v) is 10.8. The summed E-state index contributed by atoms with van der Waals surface area (Å²) in [5, 5.41) is 14.9. The third-order valence-electron chi connectivity index (χ3n) is 4.68. The van der Waals surface area contributed by atoms with Crippen LogP contribution >= 0.6 is 0 Å². The van der Waals surface area contributed by atoms with Gasteiger partial charge in [-0.25, -0.2) is 0 Å². The standard InChI is InChI=1S/C27H25N3O4/c1-2-33-24-14-10-23(11-15-24)30-27(32)22(17-28)16-20-8-12-25(13-9-20)34-19-26(31)29-18-21-6-4-3-5-7-21/h3-16H,2,18-19H2,1H3,(H,29,31)(H,30,32)/b22-16+. The van der Waals surface area contributed by atoms with E-state index in [1.54, 1.807) is 48.5 Å². The first kappa shape index (κ1) is 24.1. The van der Waals surface area contributed by atoms with Gasteiger partial charge in [0.05, 0.1) is 6.61 Å². The molecular weight excluding hydrogens is 430 g/mol. The maximum atomic E-state index is 12.5. The molecule has 3 aromatic rings. The maximum Gasteiger partial charge on any atom is 0.266 e. The van der Waals surface area contributed by atoms with Crippen LogP contribution < -0.4 is 20.1 Å². The molecule has 0 radical (unpaired) electrons. The second kappa shape index (κ2) is 12.5. The smallest absolute Gasteiger partial charge is 0.266 e. The van der Waals surface area contributed by atoms with Crippen molar-refractivity contribution in [3.8, 4) is 17.6 Å². The van der Waals surface area contributed by atoms with Crippen LogP contribution in [0.1, 0.15) is 18.1 Å². The SMILES string of the molecule is CCOc1ccc(NC(=O)/C(C#N)=C/c2ccc(OCC(=O)NCc3ccccc3)cc2)cc1. The van der Waals surface area contributed by atoms with Crippen molar-refractivity contribution in [2.24, 2.45) is 0 Å². The molecule has 0 aliphatic heterocycles. The van der Waals surface area contributed by atoms with Crippen molar-refractivity contribution < 1.29 is 19.1 Å². The number of nitrogens with one attached hydrogen (secondary N) is 2. The van der Waals surface area contributed by atoms with E-state index in [0.717, 1.165) is 5.56 Å². The molecule has 0 spiro atoms. The highest BCUT2D eigenvalue weighted by Crippen LogP contribution is 2.18. The Morgan fingerprint density at radius 1 is 0.912 bits per heavy atom. The summed E-state index contributed by atoms with van der Waals surface area (Å²) in [5.74, 6) is 0.463. The fourth-order valence-corrected chi connectivity index (χ4v) is 2.97. The molecule has 0 aliphatic rings. The normalized spacial score (nSPS) is 10.6. The summed E-state index contributed by atoms with van der Waals surface area (Å²) >= 11 is 0. The first-order valence-electron chi connectivity index (χ1n) is 10.8. The van der Waals surface area contributed by atoms with Crippen molar-refractivity contribution in [2.45, 2.75) is 13.5 Å². The molecule has 2 N–H and O–H groups in total. The zero-order valence-corrected chi connectivity index (χ0v) is 18.8. The number of hydrogen-bond donors (Lipinski definition) is 2. The Morgan fingerprint density at radius 2 is 1.56 bits per heavy atom. The van der Waals surface area contributed by atoms with Gasteiger partial charge in [0.25, 0.3) is 11.8 Å². The highest BCUT2D eigenvalue weighted by atomic mass is 16.5. The van der Waals surface area contributed by atoms with E-state index in [9.17, 15) is 14.9 Å². The van der Waals surface area contributed by atoms with Crippen molar-refractivity contribution >= 4 is 23.6 Å². The van der Waals surface area contributed by atoms with E-state index in [0.29, 0.717) is 35.9 Å². The average molecular weight is 456 g/mol. The second-order valence-electron chi connectivity index (χ2n) is 7.20. The Morgan fingerprint density at radius 3 is 2.21 bits per heavy atom. The van der Waals surface area contributed by atoms with E-state index >= 15 is 0 Å². The van der Waals surface area contributed by atoms with Gasteiger partial charge in [0.2, 0.25) is 0 Å². The lowest BCUT2D eigenvalue weighted by molar-refractivity contribution is -0.123. The van der Waals surface area contributed by atoms with Gasteiger partial charge in [0.1, 0.15) is 23.1 Å². The Kier molecular flexibility index (Phi) is 8.83. The van der Waals surface area contributed by atoms with Gasteiger partial charge >= 0.3 is 0 Å². The lowest BCUT2D eigenvalue weighted by Crippen LogP contribution is -2.28. The fourth-order valence-electron chi connectivity index (χ4n) is 2.97. The summed E-state index contributed by atoms with van der Waals surface area (Å²) in [6.07, 6.45) is 1.49. The van der Waals surface area contributed by atoms with E-state index in [4.69, 9.17) is 9.47 Å². The molecule has 7 nitrogen and oxygen atoms in total. The summed E-state index contributed by atoms with van der Waals surface area (Å²) in [7, 11) is 0. The quantitative estimate of drug-likeness (QED) is 0.350. The zero-order chi connectivity index (χ0) is 24.2. The van der Waals surface area contributed by atoms with Crippen molar-refractivity contribution in [1.82, 2.24) is 5.32 Å². The van der Waals surface area contributed by atoms with Gasteiger partial charge in [-0.05, 0) is 60.5 Å². The molecular formula is C27H25N3O4. The maximum absolute atomic E-state index is 12.5. The van der Waals surface area contributed by atoms with Crippen molar-refractivity contribution in [1.29, 1.82) is 5.26 Å². The molecule has 0 fully saturated rings. The number of anilines is 1. The number of amides is 2. The average Bonchev–Trinajstić information content (AvgIpc) is 2.87. The predicted octanol–water partition coefficient (Wildman–Crippen LogP) is 4.33. The Balaban J connectivity index is 1.51. The van der Waals surface area contributed by atoms with Crippen LogP contribution in [0.15, 0.2) is 84.4 Å². The highest BCUT2D eigenvalue weighted by molar-refractivity contribution is 6.09. The van der Waals surface area contributed by atoms with Crippen molar-refractivity contribution in [3.05, 3.63) is 95.6 Å². The van der Waals surface area contributed by atoms with E-state index in [1.165, 1.54) is 6.08 Å². The van der Waals surface area contributed by atoms with Crippen LogP contribution in [0.25, 0.3) is 6.08 Å². The number of carbonyl (C=O) groups is 2. The second-order valence-corrected chi connectivity index (χ2v) is 7.20. The third-order valence-corrected chi connectivity index (χ3v) is 4.68. The molecule has 0 unspecified atom stereocenters. The summed E-state index contributed by atoms with van der Waals surface area (Å²) in [6, 6.07) is 25.2. The topological polar surface area (TPSA) is 100 Å². The molecule has 0 heterocycles. The van der Waals surface area contributed by atoms with Gasteiger partial charge in [-0.15, -0.1) is 0 Å². The number of nitrogens with zero attached hydrogens (tertiary/aromatic N) is 1. The summed E-state index contributed by atoms with van der Waals surface area (Å²) in [4.78, 5) is 24.4. The lowest BCUT2D eigenvalue weighted by atomic mass is 10.1. The zero-order valence-electron chi connectivity index (χ0n) is 18.8. The number of rotatable bonds is 10. The molecule has 0 atom stereocenters. The molecule has 7 heteroatoms. The highest BCUT2D eigenvalue weighted by Gasteiger charge is 2.10. The van der Waals surface area contributed by atoms with Crippen LogP contribution in [0.5, 0.6) is 11.5 Å². The van der Waals surface area contributed by atoms with Gasteiger partial charge in [-0.1, -0.05) is 42.5 Å². The first-order chi connectivity index (χ1) is 16.6. The molecule has 0 bridgehead atoms. The number of nitriles is 1. The van der Waals surface area contributed by atoms with Gasteiger partial charge in [-0.2, -0.15) is 5.26 Å². The number of hydrogen-bond acceptors (Lipinski definition) is 5. The van der Waals surface area contributed by atoms with Gasteiger partial charge in [0.15, 0.2) is 6.61 Å². The van der Waals surface area contributed by atoms with Crippen molar-refractivity contribution in [3.63, 3.8) is 0 Å². The van der Waals surface area contributed by atoms with Crippen LogP contribution in [-0.2, 0) is 16.1 Å². The van der Waals surface area contributed by atoms with Gasteiger partial charge < -0.3 is 20.1 Å². The molecule has 0 aliphatic carbocycles. The van der Waals surface area contributed by atoms with Gasteiger partial charge in [0, 0.05) is 12.2 Å². The van der Waals surface area contributed by atoms with Crippen LogP contribution in [0.4, 0.5) is 5.69 Å². The van der Waals surface area contributed by atoms with E-state index in [2.05, 4.69) is 10.6 Å². The Bertz CT molecular complexity index is 1170. The predicted molar refractivity (Wildman–Crippen MR) is 130 cm³/mol. The molecule has 0 saturated carbocycles. The monoisotopic (exact) mass is 455 g/mol. The molecule has 172 valence electrons. The third kappa shape index (κ3) is 7.53. The van der Waals surface area contributed by atoms with Crippen LogP contribution in [-0.4, -0.2) is 25.0 Å². The van der Waals surface area contributed by atoms with E-state index in [1.807, 2.05) is 43.3 Å². The van der Waals surface area contributed by atoms with E-state index < -0.39 is 5.91 Å². The Labute approximate surface area is 198 Å². The number of benzene rings is 3. The summed E-state index contributed by atoms with van der Waals surface area (Å²) < 4.78 is 10.9. The fraction of sp³-hybridized carbons (Fsp3) is 0.148. The summed E-state index contributed by atoms with van der Waals surface area (Å²) in [5.41, 5.74) is 2.18. The molecule has 34 heavy (non-hydrogen) atoms. The molecule has 2 amide bonds. The van der Waals surface area contributed by atoms with E-state index in [-0.39, 0.29) is 18.1 Å². The molecule has 3 rings (SSSR count). The molecule has 3 aromatic carbocycles. The van der Waals surface area contributed by atoms with Crippen LogP contribution in [0.3, 0.4) is 0 Å². The van der Waals surface area contributed by atoms with Gasteiger partial charge in [-0.3, -0.25) is 9.59 Å². The lowest BCUT2D eigenvalue weighted by Gasteiger charge is -2.08. The number of ether oxygens (including phenoxy) is 2. The summed E-state index contributed by atoms with van der Waals surface area (Å²) in [6.45, 7) is 2.76.